The minimum atomic E-state index is -0.355. The van der Waals surface area contributed by atoms with Crippen LogP contribution in [0, 0.1) is 0 Å². The molecule has 2 N–H and O–H groups in total. The van der Waals surface area contributed by atoms with Crippen molar-refractivity contribution in [2.45, 2.75) is 25.3 Å². The molecule has 0 radical (unpaired) electrons. The summed E-state index contributed by atoms with van der Waals surface area (Å²) < 4.78 is 1.47. The number of carbonyl (C=O) groups is 2. The zero-order valence-corrected chi connectivity index (χ0v) is 16.7. The Morgan fingerprint density at radius 3 is 2.69 bits per heavy atom. The summed E-state index contributed by atoms with van der Waals surface area (Å²) >= 11 is 6.08. The fraction of sp³-hybridized carbons (Fsp3) is 0.227. The summed E-state index contributed by atoms with van der Waals surface area (Å²) in [6.45, 7) is 0. The van der Waals surface area contributed by atoms with E-state index in [4.69, 9.17) is 11.6 Å². The SMILES string of the molecule is Cn1nc(C(=O)NC2CCCc3ccccc32)cc1NC(=O)c1ccccc1Cl. The molecule has 1 aromatic heterocycles. The Morgan fingerprint density at radius 2 is 1.86 bits per heavy atom. The van der Waals surface area contributed by atoms with Crippen molar-refractivity contribution in [3.8, 4) is 0 Å². The van der Waals surface area contributed by atoms with Crippen LogP contribution in [-0.2, 0) is 13.5 Å². The standard InChI is InChI=1S/C22H21ClN4O2/c1-27-20(25-21(28)16-10-4-5-11-17(16)23)13-19(26-27)22(29)24-18-12-6-8-14-7-2-3-9-15(14)18/h2-5,7,9-11,13,18H,6,8,12H2,1H3,(H,24,29)(H,25,28). The van der Waals surface area contributed by atoms with Gasteiger partial charge in [-0.1, -0.05) is 48.0 Å². The van der Waals surface area contributed by atoms with Gasteiger partial charge in [-0.25, -0.2) is 0 Å². The van der Waals surface area contributed by atoms with Gasteiger partial charge in [0.15, 0.2) is 5.69 Å². The van der Waals surface area contributed by atoms with Crippen LogP contribution in [0.1, 0.15) is 50.9 Å². The van der Waals surface area contributed by atoms with Gasteiger partial charge in [0.05, 0.1) is 16.6 Å². The topological polar surface area (TPSA) is 76.0 Å². The first-order valence-electron chi connectivity index (χ1n) is 9.51. The molecular formula is C22H21ClN4O2. The van der Waals surface area contributed by atoms with E-state index < -0.39 is 0 Å². The van der Waals surface area contributed by atoms with Gasteiger partial charge in [0, 0.05) is 13.1 Å². The largest absolute Gasteiger partial charge is 0.344 e. The third-order valence-electron chi connectivity index (χ3n) is 5.15. The molecule has 7 heteroatoms. The molecule has 1 aliphatic rings. The van der Waals surface area contributed by atoms with Crippen LogP contribution in [0.4, 0.5) is 5.82 Å². The highest BCUT2D eigenvalue weighted by Crippen LogP contribution is 2.29. The highest BCUT2D eigenvalue weighted by molar-refractivity contribution is 6.34. The van der Waals surface area contributed by atoms with Crippen molar-refractivity contribution < 1.29 is 9.59 Å². The molecule has 0 saturated heterocycles. The van der Waals surface area contributed by atoms with E-state index in [0.29, 0.717) is 16.4 Å². The number of aryl methyl sites for hydroxylation is 2. The summed E-state index contributed by atoms with van der Waals surface area (Å²) in [6.07, 6.45) is 2.96. The van der Waals surface area contributed by atoms with Crippen molar-refractivity contribution in [3.63, 3.8) is 0 Å². The molecule has 1 unspecified atom stereocenters. The Bertz CT molecular complexity index is 1080. The van der Waals surface area contributed by atoms with Crippen LogP contribution in [0.25, 0.3) is 0 Å². The lowest BCUT2D eigenvalue weighted by Crippen LogP contribution is -2.31. The van der Waals surface area contributed by atoms with Crippen LogP contribution < -0.4 is 10.6 Å². The number of amides is 2. The van der Waals surface area contributed by atoms with Crippen molar-refractivity contribution in [2.75, 3.05) is 5.32 Å². The highest BCUT2D eigenvalue weighted by atomic mass is 35.5. The molecule has 6 nitrogen and oxygen atoms in total. The second-order valence-corrected chi connectivity index (χ2v) is 7.50. The third-order valence-corrected chi connectivity index (χ3v) is 5.48. The summed E-state index contributed by atoms with van der Waals surface area (Å²) in [4.78, 5) is 25.3. The molecule has 1 heterocycles. The minimum absolute atomic E-state index is 0.0318. The normalized spacial score (nSPS) is 15.4. The number of hydrogen-bond donors (Lipinski definition) is 2. The zero-order chi connectivity index (χ0) is 20.4. The van der Waals surface area contributed by atoms with E-state index in [9.17, 15) is 9.59 Å². The maximum Gasteiger partial charge on any atom is 0.272 e. The van der Waals surface area contributed by atoms with Gasteiger partial charge < -0.3 is 10.6 Å². The van der Waals surface area contributed by atoms with Crippen LogP contribution in [0.5, 0.6) is 0 Å². The number of nitrogens with zero attached hydrogens (tertiary/aromatic N) is 2. The van der Waals surface area contributed by atoms with E-state index in [0.717, 1.165) is 24.8 Å². The van der Waals surface area contributed by atoms with Gasteiger partial charge in [0.2, 0.25) is 0 Å². The zero-order valence-electron chi connectivity index (χ0n) is 16.0. The molecule has 1 aliphatic carbocycles. The molecule has 4 rings (SSSR count). The van der Waals surface area contributed by atoms with Crippen LogP contribution in [0.3, 0.4) is 0 Å². The predicted octanol–water partition coefficient (Wildman–Crippen LogP) is 4.13. The highest BCUT2D eigenvalue weighted by Gasteiger charge is 2.23. The second-order valence-electron chi connectivity index (χ2n) is 7.09. The summed E-state index contributed by atoms with van der Waals surface area (Å²) in [7, 11) is 1.68. The molecule has 29 heavy (non-hydrogen) atoms. The first-order valence-corrected chi connectivity index (χ1v) is 9.89. The second kappa shape index (κ2) is 8.09. The maximum atomic E-state index is 12.8. The molecule has 0 fully saturated rings. The van der Waals surface area contributed by atoms with Gasteiger partial charge in [0.25, 0.3) is 11.8 Å². The first-order chi connectivity index (χ1) is 14.0. The van der Waals surface area contributed by atoms with Crippen LogP contribution in [-0.4, -0.2) is 21.6 Å². The van der Waals surface area contributed by atoms with E-state index in [2.05, 4.69) is 27.9 Å². The fourth-order valence-electron chi connectivity index (χ4n) is 3.66. The fourth-order valence-corrected chi connectivity index (χ4v) is 3.88. The number of fused-ring (bicyclic) bond motifs is 1. The number of carbonyl (C=O) groups excluding carboxylic acids is 2. The average Bonchev–Trinajstić information content (AvgIpc) is 3.09. The Balaban J connectivity index is 1.49. The molecule has 0 spiro atoms. The Labute approximate surface area is 173 Å². The van der Waals surface area contributed by atoms with E-state index in [1.165, 1.54) is 10.2 Å². The van der Waals surface area contributed by atoms with Crippen LogP contribution in [0.2, 0.25) is 5.02 Å². The number of halogens is 1. The summed E-state index contributed by atoms with van der Waals surface area (Å²) in [5.74, 6) is -0.198. The number of rotatable bonds is 4. The first kappa shape index (κ1) is 19.2. The molecule has 1 atom stereocenters. The van der Waals surface area contributed by atoms with Crippen molar-refractivity contribution in [1.82, 2.24) is 15.1 Å². The molecule has 3 aromatic rings. The van der Waals surface area contributed by atoms with Crippen molar-refractivity contribution in [2.24, 2.45) is 7.05 Å². The lowest BCUT2D eigenvalue weighted by Gasteiger charge is -2.26. The van der Waals surface area contributed by atoms with E-state index in [1.54, 1.807) is 37.4 Å². The lowest BCUT2D eigenvalue weighted by molar-refractivity contribution is 0.0926. The van der Waals surface area contributed by atoms with Crippen molar-refractivity contribution in [1.29, 1.82) is 0 Å². The summed E-state index contributed by atoms with van der Waals surface area (Å²) in [5.41, 5.74) is 3.05. The molecule has 2 amide bonds. The maximum absolute atomic E-state index is 12.8. The van der Waals surface area contributed by atoms with Crippen molar-refractivity contribution >= 4 is 29.2 Å². The Hall–Kier alpha value is -3.12. The van der Waals surface area contributed by atoms with Crippen LogP contribution in [0.15, 0.2) is 54.6 Å². The smallest absolute Gasteiger partial charge is 0.272 e. The number of nitrogens with one attached hydrogen (secondary N) is 2. The van der Waals surface area contributed by atoms with Gasteiger partial charge >= 0.3 is 0 Å². The molecule has 0 aliphatic heterocycles. The Morgan fingerprint density at radius 1 is 1.10 bits per heavy atom. The molecule has 0 bridgehead atoms. The predicted molar refractivity (Wildman–Crippen MR) is 112 cm³/mol. The van der Waals surface area contributed by atoms with Gasteiger partial charge in [0.1, 0.15) is 5.82 Å². The number of hydrogen-bond acceptors (Lipinski definition) is 3. The number of aromatic nitrogens is 2. The van der Waals surface area contributed by atoms with Gasteiger partial charge in [-0.05, 0) is 42.5 Å². The summed E-state index contributed by atoms with van der Waals surface area (Å²) in [5, 5.41) is 10.5. The molecule has 0 saturated carbocycles. The molecule has 148 valence electrons. The summed E-state index contributed by atoms with van der Waals surface area (Å²) in [6, 6.07) is 16.5. The van der Waals surface area contributed by atoms with E-state index >= 15 is 0 Å². The monoisotopic (exact) mass is 408 g/mol. The minimum Gasteiger partial charge on any atom is -0.344 e. The van der Waals surface area contributed by atoms with Gasteiger partial charge in [-0.2, -0.15) is 5.10 Å². The van der Waals surface area contributed by atoms with Crippen molar-refractivity contribution in [3.05, 3.63) is 82.0 Å². The molecule has 2 aromatic carbocycles. The van der Waals surface area contributed by atoms with Gasteiger partial charge in [-0.3, -0.25) is 14.3 Å². The number of benzene rings is 2. The van der Waals surface area contributed by atoms with Crippen LogP contribution >= 0.6 is 11.6 Å². The number of anilines is 1. The lowest BCUT2D eigenvalue weighted by atomic mass is 9.88. The average molecular weight is 409 g/mol. The quantitative estimate of drug-likeness (QED) is 0.681. The Kier molecular flexibility index (Phi) is 5.36. The van der Waals surface area contributed by atoms with Gasteiger partial charge in [-0.15, -0.1) is 0 Å². The van der Waals surface area contributed by atoms with E-state index in [1.807, 2.05) is 12.1 Å². The van der Waals surface area contributed by atoms with E-state index in [-0.39, 0.29) is 23.6 Å². The molecular weight excluding hydrogens is 388 g/mol. The third kappa shape index (κ3) is 4.03.